The van der Waals surface area contributed by atoms with Gasteiger partial charge < -0.3 is 5.32 Å². The van der Waals surface area contributed by atoms with Crippen molar-refractivity contribution in [1.29, 1.82) is 0 Å². The molecule has 0 radical (unpaired) electrons. The van der Waals surface area contributed by atoms with Crippen LogP contribution in [0.5, 0.6) is 0 Å². The van der Waals surface area contributed by atoms with Gasteiger partial charge in [-0.3, -0.25) is 0 Å². The Morgan fingerprint density at radius 2 is 1.72 bits per heavy atom. The number of hydrogen-bond acceptors (Lipinski definition) is 1. The monoisotopic (exact) mass is 239 g/mol. The van der Waals surface area contributed by atoms with E-state index in [1.54, 1.807) is 0 Å². The third-order valence-electron chi connectivity index (χ3n) is 3.27. The smallest absolute Gasteiger partial charge is 0.0370 e. The van der Waals surface area contributed by atoms with Crippen LogP contribution in [0.2, 0.25) is 0 Å². The standard InChI is InChI=1S/C17H21N/c1-3-15-9-10-17(14(2)13-15)18-12-11-16-7-5-4-6-8-16/h4-10,13,18H,3,11-12H2,1-2H3. The molecule has 0 fully saturated rings. The van der Waals surface area contributed by atoms with E-state index >= 15 is 0 Å². The van der Waals surface area contributed by atoms with Gasteiger partial charge in [-0.1, -0.05) is 49.4 Å². The van der Waals surface area contributed by atoms with Crippen LogP contribution in [0.4, 0.5) is 5.69 Å². The zero-order valence-corrected chi connectivity index (χ0v) is 11.2. The number of anilines is 1. The summed E-state index contributed by atoms with van der Waals surface area (Å²) in [4.78, 5) is 0. The summed E-state index contributed by atoms with van der Waals surface area (Å²) in [5.41, 5.74) is 5.37. The molecule has 0 saturated heterocycles. The third-order valence-corrected chi connectivity index (χ3v) is 3.27. The van der Waals surface area contributed by atoms with Gasteiger partial charge in [0.2, 0.25) is 0 Å². The van der Waals surface area contributed by atoms with Crippen molar-refractivity contribution in [2.75, 3.05) is 11.9 Å². The van der Waals surface area contributed by atoms with Crippen molar-refractivity contribution in [1.82, 2.24) is 0 Å². The van der Waals surface area contributed by atoms with E-state index in [1.165, 1.54) is 22.4 Å². The average molecular weight is 239 g/mol. The van der Waals surface area contributed by atoms with Gasteiger partial charge in [0.05, 0.1) is 0 Å². The van der Waals surface area contributed by atoms with Gasteiger partial charge in [-0.05, 0) is 42.5 Å². The van der Waals surface area contributed by atoms with Gasteiger partial charge in [0.15, 0.2) is 0 Å². The largest absolute Gasteiger partial charge is 0.384 e. The quantitative estimate of drug-likeness (QED) is 0.824. The number of rotatable bonds is 5. The van der Waals surface area contributed by atoms with Crippen LogP contribution in [-0.2, 0) is 12.8 Å². The van der Waals surface area contributed by atoms with Crippen LogP contribution in [-0.4, -0.2) is 6.54 Å². The molecule has 2 aromatic carbocycles. The van der Waals surface area contributed by atoms with Crippen molar-refractivity contribution in [3.05, 3.63) is 65.2 Å². The number of nitrogens with one attached hydrogen (secondary N) is 1. The van der Waals surface area contributed by atoms with E-state index in [9.17, 15) is 0 Å². The highest BCUT2D eigenvalue weighted by Gasteiger charge is 1.99. The lowest BCUT2D eigenvalue weighted by Crippen LogP contribution is -2.06. The molecular weight excluding hydrogens is 218 g/mol. The van der Waals surface area contributed by atoms with Gasteiger partial charge in [0, 0.05) is 12.2 Å². The lowest BCUT2D eigenvalue weighted by atomic mass is 10.1. The molecule has 0 bridgehead atoms. The Hall–Kier alpha value is -1.76. The Morgan fingerprint density at radius 1 is 0.944 bits per heavy atom. The summed E-state index contributed by atoms with van der Waals surface area (Å²) in [7, 11) is 0. The van der Waals surface area contributed by atoms with E-state index in [4.69, 9.17) is 0 Å². The molecule has 0 atom stereocenters. The highest BCUT2D eigenvalue weighted by molar-refractivity contribution is 5.52. The topological polar surface area (TPSA) is 12.0 Å². The number of benzene rings is 2. The van der Waals surface area contributed by atoms with Crippen LogP contribution < -0.4 is 5.32 Å². The summed E-state index contributed by atoms with van der Waals surface area (Å²) >= 11 is 0. The molecule has 94 valence electrons. The number of aryl methyl sites for hydroxylation is 2. The minimum Gasteiger partial charge on any atom is -0.384 e. The zero-order valence-electron chi connectivity index (χ0n) is 11.2. The summed E-state index contributed by atoms with van der Waals surface area (Å²) in [6, 6.07) is 17.3. The first-order valence-electron chi connectivity index (χ1n) is 6.67. The normalized spacial score (nSPS) is 10.3. The van der Waals surface area contributed by atoms with Crippen molar-refractivity contribution in [3.8, 4) is 0 Å². The second-order valence-electron chi connectivity index (χ2n) is 4.67. The van der Waals surface area contributed by atoms with Crippen LogP contribution in [0.15, 0.2) is 48.5 Å². The number of hydrogen-bond donors (Lipinski definition) is 1. The van der Waals surface area contributed by atoms with E-state index in [0.29, 0.717) is 0 Å². The van der Waals surface area contributed by atoms with Crippen LogP contribution in [0.25, 0.3) is 0 Å². The first kappa shape index (κ1) is 12.7. The molecule has 2 rings (SSSR count). The third kappa shape index (κ3) is 3.36. The Balaban J connectivity index is 1.91. The molecule has 0 saturated carbocycles. The lowest BCUT2D eigenvalue weighted by Gasteiger charge is -2.10. The van der Waals surface area contributed by atoms with Gasteiger partial charge >= 0.3 is 0 Å². The van der Waals surface area contributed by atoms with Gasteiger partial charge in [-0.25, -0.2) is 0 Å². The fraction of sp³-hybridized carbons (Fsp3) is 0.294. The first-order valence-corrected chi connectivity index (χ1v) is 6.67. The van der Waals surface area contributed by atoms with Crippen LogP contribution in [0.3, 0.4) is 0 Å². The van der Waals surface area contributed by atoms with Crippen molar-refractivity contribution in [2.24, 2.45) is 0 Å². The fourth-order valence-corrected chi connectivity index (χ4v) is 2.13. The molecule has 0 amide bonds. The molecule has 0 aliphatic carbocycles. The Labute approximate surface area is 110 Å². The second-order valence-corrected chi connectivity index (χ2v) is 4.67. The van der Waals surface area contributed by atoms with Crippen LogP contribution in [0.1, 0.15) is 23.6 Å². The van der Waals surface area contributed by atoms with E-state index in [2.05, 4.69) is 67.7 Å². The molecule has 1 heteroatoms. The molecule has 2 aromatic rings. The maximum atomic E-state index is 3.51. The highest BCUT2D eigenvalue weighted by Crippen LogP contribution is 2.16. The first-order chi connectivity index (χ1) is 8.79. The summed E-state index contributed by atoms with van der Waals surface area (Å²) in [6.45, 7) is 5.34. The maximum absolute atomic E-state index is 3.51. The van der Waals surface area contributed by atoms with Crippen molar-refractivity contribution >= 4 is 5.69 Å². The van der Waals surface area contributed by atoms with Gasteiger partial charge in [0.1, 0.15) is 0 Å². The van der Waals surface area contributed by atoms with Gasteiger partial charge in [0.25, 0.3) is 0 Å². The molecule has 1 N–H and O–H groups in total. The van der Waals surface area contributed by atoms with E-state index in [0.717, 1.165) is 19.4 Å². The minimum absolute atomic E-state index is 0.982. The lowest BCUT2D eigenvalue weighted by molar-refractivity contribution is 1.01. The molecule has 18 heavy (non-hydrogen) atoms. The van der Waals surface area contributed by atoms with Crippen LogP contribution >= 0.6 is 0 Å². The zero-order chi connectivity index (χ0) is 12.8. The molecular formula is C17H21N. The fourth-order valence-electron chi connectivity index (χ4n) is 2.13. The molecule has 0 aromatic heterocycles. The average Bonchev–Trinajstić information content (AvgIpc) is 2.42. The molecule has 0 spiro atoms. The molecule has 1 nitrogen and oxygen atoms in total. The molecule has 0 aliphatic rings. The molecule has 0 heterocycles. The van der Waals surface area contributed by atoms with E-state index < -0.39 is 0 Å². The summed E-state index contributed by atoms with van der Waals surface area (Å²) in [5, 5.41) is 3.51. The van der Waals surface area contributed by atoms with E-state index in [1.807, 2.05) is 0 Å². The predicted octanol–water partition coefficient (Wildman–Crippen LogP) is 4.21. The Kier molecular flexibility index (Phi) is 4.40. The van der Waals surface area contributed by atoms with Crippen molar-refractivity contribution in [3.63, 3.8) is 0 Å². The molecule has 0 aliphatic heterocycles. The maximum Gasteiger partial charge on any atom is 0.0370 e. The Bertz CT molecular complexity index is 488. The highest BCUT2D eigenvalue weighted by atomic mass is 14.9. The molecule has 0 unspecified atom stereocenters. The Morgan fingerprint density at radius 3 is 2.39 bits per heavy atom. The van der Waals surface area contributed by atoms with Crippen molar-refractivity contribution in [2.45, 2.75) is 26.7 Å². The van der Waals surface area contributed by atoms with E-state index in [-0.39, 0.29) is 0 Å². The summed E-state index contributed by atoms with van der Waals surface area (Å²) in [5.74, 6) is 0. The SMILES string of the molecule is CCc1ccc(NCCc2ccccc2)c(C)c1. The predicted molar refractivity (Wildman–Crippen MR) is 79.2 cm³/mol. The summed E-state index contributed by atoms with van der Waals surface area (Å²) < 4.78 is 0. The van der Waals surface area contributed by atoms with Gasteiger partial charge in [-0.15, -0.1) is 0 Å². The van der Waals surface area contributed by atoms with Crippen LogP contribution in [0, 0.1) is 6.92 Å². The van der Waals surface area contributed by atoms with Crippen molar-refractivity contribution < 1.29 is 0 Å². The second kappa shape index (κ2) is 6.25. The van der Waals surface area contributed by atoms with Gasteiger partial charge in [-0.2, -0.15) is 0 Å². The summed E-state index contributed by atoms with van der Waals surface area (Å²) in [6.07, 6.45) is 2.17. The minimum atomic E-state index is 0.982.